The smallest absolute Gasteiger partial charge is 0.321 e. The molecule has 3 N–H and O–H groups in total. The lowest BCUT2D eigenvalue weighted by atomic mass is 9.92. The van der Waals surface area contributed by atoms with Crippen LogP contribution in [-0.4, -0.2) is 51.9 Å². The molecule has 0 bridgehead atoms. The number of benzene rings is 1. The van der Waals surface area contributed by atoms with E-state index in [0.29, 0.717) is 0 Å². The number of esters is 1. The first-order valence-electron chi connectivity index (χ1n) is 9.50. The molecule has 29 heavy (non-hydrogen) atoms. The molecule has 160 valence electrons. The SMILES string of the molecule is CC(C)NC(=O)CNC(=O)COC(=O)CNS(=O)(=O)c1ccc2c(c1)CCCC2. The molecule has 0 aliphatic heterocycles. The number of carbonyl (C=O) groups excluding carboxylic acids is 3. The highest BCUT2D eigenvalue weighted by Gasteiger charge is 2.19. The number of hydrogen-bond donors (Lipinski definition) is 3. The zero-order chi connectivity index (χ0) is 21.4. The van der Waals surface area contributed by atoms with E-state index in [1.54, 1.807) is 26.0 Å². The number of hydrogen-bond acceptors (Lipinski definition) is 6. The predicted octanol–water partition coefficient (Wildman–Crippen LogP) is 0.0277. The molecule has 1 aromatic carbocycles. The minimum atomic E-state index is -3.86. The molecular weight excluding hydrogens is 398 g/mol. The molecule has 0 saturated carbocycles. The van der Waals surface area contributed by atoms with Gasteiger partial charge in [-0.2, -0.15) is 4.72 Å². The molecule has 0 aromatic heterocycles. The van der Waals surface area contributed by atoms with Gasteiger partial charge in [0.15, 0.2) is 6.61 Å². The summed E-state index contributed by atoms with van der Waals surface area (Å²) in [6.07, 6.45) is 3.90. The van der Waals surface area contributed by atoms with Crippen molar-refractivity contribution < 1.29 is 27.5 Å². The first-order valence-corrected chi connectivity index (χ1v) is 11.0. The lowest BCUT2D eigenvalue weighted by Crippen LogP contribution is -2.41. The van der Waals surface area contributed by atoms with E-state index in [-0.39, 0.29) is 23.4 Å². The molecule has 10 heteroatoms. The van der Waals surface area contributed by atoms with Crippen LogP contribution in [0.15, 0.2) is 23.1 Å². The average molecular weight is 426 g/mol. The predicted molar refractivity (Wildman–Crippen MR) is 106 cm³/mol. The Morgan fingerprint density at radius 3 is 2.41 bits per heavy atom. The van der Waals surface area contributed by atoms with Crippen molar-refractivity contribution in [2.75, 3.05) is 19.7 Å². The van der Waals surface area contributed by atoms with Crippen molar-refractivity contribution in [3.8, 4) is 0 Å². The summed E-state index contributed by atoms with van der Waals surface area (Å²) >= 11 is 0. The van der Waals surface area contributed by atoms with Crippen molar-refractivity contribution in [1.29, 1.82) is 0 Å². The van der Waals surface area contributed by atoms with Gasteiger partial charge in [0, 0.05) is 6.04 Å². The number of rotatable bonds is 9. The summed E-state index contributed by atoms with van der Waals surface area (Å²) in [6.45, 7) is 2.13. The van der Waals surface area contributed by atoms with Crippen molar-refractivity contribution in [1.82, 2.24) is 15.4 Å². The third-order valence-corrected chi connectivity index (χ3v) is 5.70. The van der Waals surface area contributed by atoms with E-state index >= 15 is 0 Å². The minimum Gasteiger partial charge on any atom is -0.455 e. The maximum absolute atomic E-state index is 12.4. The molecule has 1 aromatic rings. The Balaban J connectivity index is 1.76. The summed E-state index contributed by atoms with van der Waals surface area (Å²) in [6, 6.07) is 4.91. The van der Waals surface area contributed by atoms with Crippen LogP contribution in [0.1, 0.15) is 37.8 Å². The molecule has 0 atom stereocenters. The Morgan fingerprint density at radius 1 is 1.03 bits per heavy atom. The molecule has 1 aliphatic carbocycles. The Kier molecular flexibility index (Phi) is 8.15. The molecule has 0 heterocycles. The standard InChI is InChI=1S/C19H27N3O6S/c1-13(2)22-17(23)10-20-18(24)12-28-19(25)11-21-29(26,27)16-8-7-14-5-3-4-6-15(14)9-16/h7-9,13,21H,3-6,10-12H2,1-2H3,(H,20,24)(H,22,23). The molecule has 0 spiro atoms. The van der Waals surface area contributed by atoms with Gasteiger partial charge in [-0.05, 0) is 62.8 Å². The first-order chi connectivity index (χ1) is 13.7. The second-order valence-corrected chi connectivity index (χ2v) is 8.89. The van der Waals surface area contributed by atoms with Crippen LogP contribution in [-0.2, 0) is 42.0 Å². The van der Waals surface area contributed by atoms with Gasteiger partial charge in [0.05, 0.1) is 11.4 Å². The lowest BCUT2D eigenvalue weighted by molar-refractivity contribution is -0.147. The molecule has 0 fully saturated rings. The van der Waals surface area contributed by atoms with Crippen LogP contribution >= 0.6 is 0 Å². The summed E-state index contributed by atoms with van der Waals surface area (Å²) in [5.74, 6) is -1.92. The maximum Gasteiger partial charge on any atom is 0.321 e. The molecule has 1 aliphatic rings. The number of nitrogens with one attached hydrogen (secondary N) is 3. The van der Waals surface area contributed by atoms with Crippen LogP contribution in [0.2, 0.25) is 0 Å². The number of sulfonamides is 1. The van der Waals surface area contributed by atoms with Crippen molar-refractivity contribution >= 4 is 27.8 Å². The summed E-state index contributed by atoms with van der Waals surface area (Å²) < 4.78 is 31.7. The molecule has 2 amide bonds. The van der Waals surface area contributed by atoms with Gasteiger partial charge in [0.2, 0.25) is 15.9 Å². The zero-order valence-corrected chi connectivity index (χ0v) is 17.4. The van der Waals surface area contributed by atoms with Gasteiger partial charge in [-0.15, -0.1) is 0 Å². The van der Waals surface area contributed by atoms with Gasteiger partial charge in [-0.3, -0.25) is 14.4 Å². The summed E-state index contributed by atoms with van der Waals surface area (Å²) in [5, 5.41) is 4.90. The van der Waals surface area contributed by atoms with Gasteiger partial charge >= 0.3 is 5.97 Å². The number of amides is 2. The van der Waals surface area contributed by atoms with Gasteiger partial charge in [0.25, 0.3) is 5.91 Å². The Morgan fingerprint density at radius 2 is 1.72 bits per heavy atom. The van der Waals surface area contributed by atoms with Gasteiger partial charge < -0.3 is 15.4 Å². The van der Waals surface area contributed by atoms with Crippen molar-refractivity contribution in [3.63, 3.8) is 0 Å². The van der Waals surface area contributed by atoms with Crippen LogP contribution in [0, 0.1) is 0 Å². The Bertz CT molecular complexity index is 867. The number of fused-ring (bicyclic) bond motifs is 1. The Labute approximate surface area is 170 Å². The van der Waals surface area contributed by atoms with E-state index in [2.05, 4.69) is 15.4 Å². The number of aryl methyl sites for hydroxylation is 2. The maximum atomic E-state index is 12.4. The number of ether oxygens (including phenoxy) is 1. The van der Waals surface area contributed by atoms with Gasteiger partial charge in [-0.1, -0.05) is 6.07 Å². The van der Waals surface area contributed by atoms with Crippen LogP contribution in [0.25, 0.3) is 0 Å². The number of carbonyl (C=O) groups is 3. The highest BCUT2D eigenvalue weighted by molar-refractivity contribution is 7.89. The minimum absolute atomic E-state index is 0.0552. The molecule has 0 unspecified atom stereocenters. The van der Waals surface area contributed by atoms with Crippen LogP contribution in [0.3, 0.4) is 0 Å². The molecule has 2 rings (SSSR count). The monoisotopic (exact) mass is 425 g/mol. The summed E-state index contributed by atoms with van der Waals surface area (Å²) in [7, 11) is -3.86. The van der Waals surface area contributed by atoms with Crippen molar-refractivity contribution in [3.05, 3.63) is 29.3 Å². The van der Waals surface area contributed by atoms with Crippen molar-refractivity contribution in [2.45, 2.75) is 50.5 Å². The molecule has 9 nitrogen and oxygen atoms in total. The fourth-order valence-corrected chi connectivity index (χ4v) is 3.93. The summed E-state index contributed by atoms with van der Waals surface area (Å²) in [5.41, 5.74) is 2.17. The third kappa shape index (κ3) is 7.47. The van der Waals surface area contributed by atoms with Gasteiger partial charge in [0.1, 0.15) is 6.54 Å². The molecule has 0 radical (unpaired) electrons. The fraction of sp³-hybridized carbons (Fsp3) is 0.526. The van der Waals surface area contributed by atoms with E-state index in [1.807, 2.05) is 0 Å². The fourth-order valence-electron chi connectivity index (χ4n) is 2.91. The van der Waals surface area contributed by atoms with E-state index in [4.69, 9.17) is 4.74 Å². The van der Waals surface area contributed by atoms with Crippen LogP contribution in [0.5, 0.6) is 0 Å². The van der Waals surface area contributed by atoms with E-state index in [1.165, 1.54) is 6.07 Å². The second-order valence-electron chi connectivity index (χ2n) is 7.12. The second kappa shape index (κ2) is 10.4. The Hall–Kier alpha value is -2.46. The largest absolute Gasteiger partial charge is 0.455 e. The van der Waals surface area contributed by atoms with E-state index in [9.17, 15) is 22.8 Å². The summed E-state index contributed by atoms with van der Waals surface area (Å²) in [4.78, 5) is 34.8. The quantitative estimate of drug-likeness (QED) is 0.479. The van der Waals surface area contributed by atoms with E-state index < -0.39 is 35.1 Å². The normalized spacial score (nSPS) is 13.5. The molecule has 0 saturated heterocycles. The van der Waals surface area contributed by atoms with Crippen LogP contribution in [0.4, 0.5) is 0 Å². The zero-order valence-electron chi connectivity index (χ0n) is 16.6. The van der Waals surface area contributed by atoms with E-state index in [0.717, 1.165) is 36.8 Å². The van der Waals surface area contributed by atoms with Crippen LogP contribution < -0.4 is 15.4 Å². The first kappa shape index (κ1) is 22.8. The highest BCUT2D eigenvalue weighted by atomic mass is 32.2. The van der Waals surface area contributed by atoms with Gasteiger partial charge in [-0.25, -0.2) is 8.42 Å². The van der Waals surface area contributed by atoms with Crippen molar-refractivity contribution in [2.24, 2.45) is 0 Å². The average Bonchev–Trinajstić information content (AvgIpc) is 2.68. The molecular formula is C19H27N3O6S. The topological polar surface area (TPSA) is 131 Å². The third-order valence-electron chi connectivity index (χ3n) is 4.30. The highest BCUT2D eigenvalue weighted by Crippen LogP contribution is 2.23. The lowest BCUT2D eigenvalue weighted by Gasteiger charge is -2.16.